The van der Waals surface area contributed by atoms with E-state index in [2.05, 4.69) is 21.2 Å². The summed E-state index contributed by atoms with van der Waals surface area (Å²) in [5.74, 6) is -0.107. The van der Waals surface area contributed by atoms with Gasteiger partial charge in [0.1, 0.15) is 5.75 Å². The van der Waals surface area contributed by atoms with E-state index in [-0.39, 0.29) is 11.7 Å². The standard InChI is InChI=1S/C15H14BrNO2/c1-9-6-11(16)8-12(7-9)17-15(19)13-4-3-5-14(18)10(13)2/h3-8,18H,1-2H3,(H,17,19). The number of nitrogens with one attached hydrogen (secondary N) is 1. The van der Waals surface area contributed by atoms with Crippen molar-refractivity contribution in [2.75, 3.05) is 5.32 Å². The zero-order valence-corrected chi connectivity index (χ0v) is 12.3. The highest BCUT2D eigenvalue weighted by Crippen LogP contribution is 2.23. The van der Waals surface area contributed by atoms with Gasteiger partial charge in [-0.2, -0.15) is 0 Å². The van der Waals surface area contributed by atoms with Crippen LogP contribution in [0.2, 0.25) is 0 Å². The van der Waals surface area contributed by atoms with Gasteiger partial charge >= 0.3 is 0 Å². The van der Waals surface area contributed by atoms with Crippen LogP contribution in [-0.4, -0.2) is 11.0 Å². The van der Waals surface area contributed by atoms with Crippen LogP contribution in [0.5, 0.6) is 5.75 Å². The molecule has 2 aromatic carbocycles. The first kappa shape index (κ1) is 13.6. The summed E-state index contributed by atoms with van der Waals surface area (Å²) >= 11 is 3.39. The Bertz CT molecular complexity index is 618. The number of amides is 1. The predicted octanol–water partition coefficient (Wildman–Crippen LogP) is 4.02. The van der Waals surface area contributed by atoms with Crippen LogP contribution >= 0.6 is 15.9 Å². The number of rotatable bonds is 2. The predicted molar refractivity (Wildman–Crippen MR) is 79.7 cm³/mol. The van der Waals surface area contributed by atoms with E-state index in [4.69, 9.17) is 0 Å². The van der Waals surface area contributed by atoms with Crippen LogP contribution in [0.15, 0.2) is 40.9 Å². The Morgan fingerprint density at radius 3 is 2.63 bits per heavy atom. The normalized spacial score (nSPS) is 10.3. The monoisotopic (exact) mass is 319 g/mol. The van der Waals surface area contributed by atoms with Crippen molar-refractivity contribution in [3.8, 4) is 5.75 Å². The first-order valence-electron chi connectivity index (χ1n) is 5.84. The largest absolute Gasteiger partial charge is 0.508 e. The minimum atomic E-state index is -0.231. The van der Waals surface area contributed by atoms with Gasteiger partial charge in [0.2, 0.25) is 0 Å². The minimum absolute atomic E-state index is 0.123. The molecule has 0 bridgehead atoms. The van der Waals surface area contributed by atoms with Crippen molar-refractivity contribution in [2.45, 2.75) is 13.8 Å². The van der Waals surface area contributed by atoms with Crippen LogP contribution in [0.25, 0.3) is 0 Å². The molecule has 3 nitrogen and oxygen atoms in total. The van der Waals surface area contributed by atoms with Crippen LogP contribution in [-0.2, 0) is 0 Å². The fourth-order valence-corrected chi connectivity index (χ4v) is 2.48. The Balaban J connectivity index is 2.28. The Labute approximate surface area is 120 Å². The summed E-state index contributed by atoms with van der Waals surface area (Å²) in [4.78, 5) is 12.2. The highest BCUT2D eigenvalue weighted by molar-refractivity contribution is 9.10. The number of hydrogen-bond donors (Lipinski definition) is 2. The molecule has 0 aromatic heterocycles. The number of carbonyl (C=O) groups is 1. The molecule has 0 aliphatic heterocycles. The van der Waals surface area contributed by atoms with E-state index in [0.717, 1.165) is 15.7 Å². The van der Waals surface area contributed by atoms with Gasteiger partial charge in [0.25, 0.3) is 5.91 Å². The minimum Gasteiger partial charge on any atom is -0.508 e. The number of phenolic OH excluding ortho intramolecular Hbond substituents is 1. The lowest BCUT2D eigenvalue weighted by molar-refractivity contribution is 0.102. The third-order valence-electron chi connectivity index (χ3n) is 2.85. The molecule has 2 N–H and O–H groups in total. The second-order valence-corrected chi connectivity index (χ2v) is 5.34. The summed E-state index contributed by atoms with van der Waals surface area (Å²) < 4.78 is 0.912. The van der Waals surface area contributed by atoms with Crippen molar-refractivity contribution in [1.29, 1.82) is 0 Å². The molecular formula is C15H14BrNO2. The maximum Gasteiger partial charge on any atom is 0.256 e. The van der Waals surface area contributed by atoms with Gasteiger partial charge in [-0.05, 0) is 49.7 Å². The molecule has 0 radical (unpaired) electrons. The van der Waals surface area contributed by atoms with Gasteiger partial charge in [-0.1, -0.05) is 22.0 Å². The number of benzene rings is 2. The summed E-state index contributed by atoms with van der Waals surface area (Å²) in [7, 11) is 0. The van der Waals surface area contributed by atoms with Crippen LogP contribution in [0.1, 0.15) is 21.5 Å². The average Bonchev–Trinajstić information content (AvgIpc) is 2.31. The topological polar surface area (TPSA) is 49.3 Å². The Morgan fingerprint density at radius 2 is 1.95 bits per heavy atom. The highest BCUT2D eigenvalue weighted by Gasteiger charge is 2.11. The van der Waals surface area contributed by atoms with Crippen molar-refractivity contribution >= 4 is 27.5 Å². The van der Waals surface area contributed by atoms with Crippen LogP contribution in [0.4, 0.5) is 5.69 Å². The highest BCUT2D eigenvalue weighted by atomic mass is 79.9. The second-order valence-electron chi connectivity index (χ2n) is 4.42. The van der Waals surface area contributed by atoms with Crippen molar-refractivity contribution in [3.63, 3.8) is 0 Å². The summed E-state index contributed by atoms with van der Waals surface area (Å²) in [6, 6.07) is 10.6. The third kappa shape index (κ3) is 3.15. The van der Waals surface area contributed by atoms with E-state index < -0.39 is 0 Å². The molecule has 0 aliphatic rings. The second kappa shape index (κ2) is 5.45. The molecule has 98 valence electrons. The maximum atomic E-state index is 12.2. The van der Waals surface area contributed by atoms with Gasteiger partial charge in [0.15, 0.2) is 0 Å². The molecule has 4 heteroatoms. The number of anilines is 1. The van der Waals surface area contributed by atoms with Gasteiger partial charge < -0.3 is 10.4 Å². The van der Waals surface area contributed by atoms with E-state index >= 15 is 0 Å². The van der Waals surface area contributed by atoms with E-state index in [0.29, 0.717) is 11.1 Å². The lowest BCUT2D eigenvalue weighted by Gasteiger charge is -2.09. The van der Waals surface area contributed by atoms with Crippen LogP contribution < -0.4 is 5.32 Å². The number of aromatic hydroxyl groups is 1. The van der Waals surface area contributed by atoms with Crippen molar-refractivity contribution in [2.24, 2.45) is 0 Å². The Morgan fingerprint density at radius 1 is 1.21 bits per heavy atom. The number of phenols is 1. The van der Waals surface area contributed by atoms with Crippen LogP contribution in [0, 0.1) is 13.8 Å². The Kier molecular flexibility index (Phi) is 3.90. The fraction of sp³-hybridized carbons (Fsp3) is 0.133. The molecule has 0 heterocycles. The lowest BCUT2D eigenvalue weighted by Crippen LogP contribution is -2.13. The molecule has 0 atom stereocenters. The molecule has 2 aromatic rings. The lowest BCUT2D eigenvalue weighted by atomic mass is 10.1. The summed E-state index contributed by atoms with van der Waals surface area (Å²) in [5, 5.41) is 12.4. The summed E-state index contributed by atoms with van der Waals surface area (Å²) in [6.45, 7) is 3.68. The zero-order valence-electron chi connectivity index (χ0n) is 10.7. The zero-order chi connectivity index (χ0) is 14.0. The number of aryl methyl sites for hydroxylation is 1. The van der Waals surface area contributed by atoms with Crippen molar-refractivity contribution < 1.29 is 9.90 Å². The molecule has 0 saturated heterocycles. The molecule has 0 fully saturated rings. The first-order chi connectivity index (χ1) is 8.97. The van der Waals surface area contributed by atoms with Gasteiger partial charge in [-0.3, -0.25) is 4.79 Å². The molecule has 2 rings (SSSR count). The molecule has 0 spiro atoms. The van der Waals surface area contributed by atoms with E-state index in [1.165, 1.54) is 0 Å². The molecule has 0 saturated carbocycles. The van der Waals surface area contributed by atoms with E-state index in [1.54, 1.807) is 25.1 Å². The van der Waals surface area contributed by atoms with Gasteiger partial charge in [0.05, 0.1) is 0 Å². The Hall–Kier alpha value is -1.81. The SMILES string of the molecule is Cc1cc(Br)cc(NC(=O)c2cccc(O)c2C)c1. The van der Waals surface area contributed by atoms with E-state index in [1.807, 2.05) is 25.1 Å². The van der Waals surface area contributed by atoms with Gasteiger partial charge in [0, 0.05) is 21.3 Å². The summed E-state index contributed by atoms with van der Waals surface area (Å²) in [5.41, 5.74) is 2.82. The van der Waals surface area contributed by atoms with Crippen LogP contribution in [0.3, 0.4) is 0 Å². The summed E-state index contributed by atoms with van der Waals surface area (Å²) in [6.07, 6.45) is 0. The number of carbonyl (C=O) groups excluding carboxylic acids is 1. The fourth-order valence-electron chi connectivity index (χ4n) is 1.88. The molecule has 1 amide bonds. The van der Waals surface area contributed by atoms with Gasteiger partial charge in [-0.15, -0.1) is 0 Å². The number of hydrogen-bond acceptors (Lipinski definition) is 2. The number of halogens is 1. The van der Waals surface area contributed by atoms with Gasteiger partial charge in [-0.25, -0.2) is 0 Å². The third-order valence-corrected chi connectivity index (χ3v) is 3.31. The molecule has 0 unspecified atom stereocenters. The quantitative estimate of drug-likeness (QED) is 0.878. The first-order valence-corrected chi connectivity index (χ1v) is 6.64. The molecule has 19 heavy (non-hydrogen) atoms. The molecular weight excluding hydrogens is 306 g/mol. The maximum absolute atomic E-state index is 12.2. The van der Waals surface area contributed by atoms with Crippen molar-refractivity contribution in [1.82, 2.24) is 0 Å². The van der Waals surface area contributed by atoms with E-state index in [9.17, 15) is 9.90 Å². The molecule has 0 aliphatic carbocycles. The average molecular weight is 320 g/mol. The van der Waals surface area contributed by atoms with Crippen molar-refractivity contribution in [3.05, 3.63) is 57.6 Å². The smallest absolute Gasteiger partial charge is 0.256 e.